The van der Waals surface area contributed by atoms with Crippen LogP contribution in [0.5, 0.6) is 0 Å². The van der Waals surface area contributed by atoms with Crippen molar-refractivity contribution in [2.45, 2.75) is 19.2 Å². The fraction of sp³-hybridized carbons (Fsp3) is 0.300. The van der Waals surface area contributed by atoms with Crippen LogP contribution in [0, 0.1) is 25.2 Å². The molecule has 1 aromatic carbocycles. The van der Waals surface area contributed by atoms with Gasteiger partial charge in [0.1, 0.15) is 0 Å². The highest BCUT2D eigenvalue weighted by atomic mass is 79.9. The average molecular weight is 224 g/mol. The highest BCUT2D eigenvalue weighted by molar-refractivity contribution is 9.08. The number of hydrogen-bond acceptors (Lipinski definition) is 1. The number of rotatable bonds is 1. The highest BCUT2D eigenvalue weighted by Crippen LogP contribution is 2.17. The summed E-state index contributed by atoms with van der Waals surface area (Å²) in [4.78, 5) is 0. The van der Waals surface area contributed by atoms with E-state index in [1.807, 2.05) is 13.0 Å². The quantitative estimate of drug-likeness (QED) is 0.672. The lowest BCUT2D eigenvalue weighted by atomic mass is 10.0. The van der Waals surface area contributed by atoms with E-state index >= 15 is 0 Å². The van der Waals surface area contributed by atoms with Gasteiger partial charge in [0.05, 0.1) is 11.6 Å². The summed E-state index contributed by atoms with van der Waals surface area (Å²) in [5, 5.41) is 9.54. The zero-order valence-corrected chi connectivity index (χ0v) is 8.77. The number of alkyl halides is 1. The van der Waals surface area contributed by atoms with Gasteiger partial charge in [0, 0.05) is 5.33 Å². The largest absolute Gasteiger partial charge is 0.192 e. The van der Waals surface area contributed by atoms with Gasteiger partial charge in [-0.25, -0.2) is 0 Å². The fourth-order valence-corrected chi connectivity index (χ4v) is 1.55. The summed E-state index contributed by atoms with van der Waals surface area (Å²) in [5.74, 6) is 0. The Balaban J connectivity index is 3.31. The maximum absolute atomic E-state index is 8.79. The van der Waals surface area contributed by atoms with Gasteiger partial charge in [0.15, 0.2) is 0 Å². The molecule has 0 radical (unpaired) electrons. The summed E-state index contributed by atoms with van der Waals surface area (Å²) in [6.07, 6.45) is 0. The lowest BCUT2D eigenvalue weighted by Gasteiger charge is -2.04. The summed E-state index contributed by atoms with van der Waals surface area (Å²) in [7, 11) is 0. The van der Waals surface area contributed by atoms with Crippen LogP contribution in [0.1, 0.15) is 22.3 Å². The van der Waals surface area contributed by atoms with E-state index in [0.717, 1.165) is 16.5 Å². The van der Waals surface area contributed by atoms with E-state index < -0.39 is 0 Å². The van der Waals surface area contributed by atoms with Crippen LogP contribution in [0.2, 0.25) is 0 Å². The molecule has 0 aliphatic rings. The fourth-order valence-electron chi connectivity index (χ4n) is 1.09. The van der Waals surface area contributed by atoms with E-state index in [1.54, 1.807) is 0 Å². The van der Waals surface area contributed by atoms with Crippen molar-refractivity contribution in [2.75, 3.05) is 0 Å². The van der Waals surface area contributed by atoms with Gasteiger partial charge >= 0.3 is 0 Å². The molecule has 62 valence electrons. The Kier molecular flexibility index (Phi) is 2.88. The number of halogens is 1. The molecule has 0 unspecified atom stereocenters. The van der Waals surface area contributed by atoms with Crippen LogP contribution in [0.3, 0.4) is 0 Å². The number of nitriles is 1. The first-order chi connectivity index (χ1) is 5.69. The van der Waals surface area contributed by atoms with Crippen molar-refractivity contribution in [3.63, 3.8) is 0 Å². The minimum absolute atomic E-state index is 0.747. The van der Waals surface area contributed by atoms with Crippen LogP contribution in [-0.4, -0.2) is 0 Å². The molecule has 0 amide bonds. The van der Waals surface area contributed by atoms with Crippen LogP contribution < -0.4 is 0 Å². The van der Waals surface area contributed by atoms with Crippen LogP contribution in [0.25, 0.3) is 0 Å². The molecule has 12 heavy (non-hydrogen) atoms. The Morgan fingerprint density at radius 2 is 1.92 bits per heavy atom. The van der Waals surface area contributed by atoms with E-state index in [-0.39, 0.29) is 0 Å². The Morgan fingerprint density at radius 3 is 2.42 bits per heavy atom. The highest BCUT2D eigenvalue weighted by Gasteiger charge is 2.02. The lowest BCUT2D eigenvalue weighted by Crippen LogP contribution is -1.90. The van der Waals surface area contributed by atoms with Crippen molar-refractivity contribution in [1.29, 1.82) is 5.26 Å². The van der Waals surface area contributed by atoms with Gasteiger partial charge < -0.3 is 0 Å². The van der Waals surface area contributed by atoms with Gasteiger partial charge in [-0.05, 0) is 36.6 Å². The van der Waals surface area contributed by atoms with Crippen LogP contribution in [-0.2, 0) is 5.33 Å². The Morgan fingerprint density at radius 1 is 1.33 bits per heavy atom. The van der Waals surface area contributed by atoms with Crippen molar-refractivity contribution < 1.29 is 0 Å². The predicted molar refractivity (Wildman–Crippen MR) is 53.3 cm³/mol. The second kappa shape index (κ2) is 3.73. The average Bonchev–Trinajstić information content (AvgIpc) is 2.09. The third-order valence-corrected chi connectivity index (χ3v) is 2.59. The van der Waals surface area contributed by atoms with E-state index in [2.05, 4.69) is 35.0 Å². The standard InChI is InChI=1S/C10H10BrN/c1-7-3-9(5-11)10(6-12)4-8(7)2/h3-4H,5H2,1-2H3. The SMILES string of the molecule is Cc1cc(C#N)c(CBr)cc1C. The van der Waals surface area contributed by atoms with Gasteiger partial charge in [-0.2, -0.15) is 5.26 Å². The maximum atomic E-state index is 8.79. The molecule has 1 aromatic rings. The van der Waals surface area contributed by atoms with E-state index in [4.69, 9.17) is 5.26 Å². The van der Waals surface area contributed by atoms with Crippen molar-refractivity contribution in [2.24, 2.45) is 0 Å². The molecule has 0 N–H and O–H groups in total. The summed E-state index contributed by atoms with van der Waals surface area (Å²) in [6.45, 7) is 4.08. The minimum Gasteiger partial charge on any atom is -0.192 e. The molecule has 1 nitrogen and oxygen atoms in total. The third-order valence-electron chi connectivity index (χ3n) is 1.98. The predicted octanol–water partition coefficient (Wildman–Crippen LogP) is 3.07. The molecule has 0 aliphatic heterocycles. The number of benzene rings is 1. The molecule has 2 heteroatoms. The Labute approximate surface area is 81.2 Å². The zero-order valence-electron chi connectivity index (χ0n) is 7.19. The van der Waals surface area contributed by atoms with Crippen molar-refractivity contribution in [1.82, 2.24) is 0 Å². The van der Waals surface area contributed by atoms with Crippen LogP contribution >= 0.6 is 15.9 Å². The molecule has 0 fully saturated rings. The summed E-state index contributed by atoms with van der Waals surface area (Å²) in [6, 6.07) is 6.18. The Bertz CT molecular complexity index is 336. The van der Waals surface area contributed by atoms with Gasteiger partial charge in [-0.3, -0.25) is 0 Å². The van der Waals surface area contributed by atoms with E-state index in [9.17, 15) is 0 Å². The zero-order chi connectivity index (χ0) is 9.14. The normalized spacial score (nSPS) is 9.50. The number of aryl methyl sites for hydroxylation is 2. The molecular weight excluding hydrogens is 214 g/mol. The van der Waals surface area contributed by atoms with Gasteiger partial charge in [0.2, 0.25) is 0 Å². The first-order valence-electron chi connectivity index (χ1n) is 3.75. The van der Waals surface area contributed by atoms with Crippen molar-refractivity contribution in [3.05, 3.63) is 34.4 Å². The first kappa shape index (κ1) is 9.28. The summed E-state index contributed by atoms with van der Waals surface area (Å²) < 4.78 is 0. The molecular formula is C10H10BrN. The second-order valence-electron chi connectivity index (χ2n) is 2.84. The molecule has 1 rings (SSSR count). The number of nitrogens with zero attached hydrogens (tertiary/aromatic N) is 1. The summed E-state index contributed by atoms with van der Waals surface area (Å²) >= 11 is 3.36. The molecule has 0 heterocycles. The summed E-state index contributed by atoms with van der Waals surface area (Å²) in [5.41, 5.74) is 4.26. The molecule has 0 saturated carbocycles. The monoisotopic (exact) mass is 223 g/mol. The van der Waals surface area contributed by atoms with Crippen molar-refractivity contribution >= 4 is 15.9 Å². The van der Waals surface area contributed by atoms with Gasteiger partial charge in [-0.1, -0.05) is 22.0 Å². The molecule has 0 aromatic heterocycles. The van der Waals surface area contributed by atoms with Crippen molar-refractivity contribution in [3.8, 4) is 6.07 Å². The van der Waals surface area contributed by atoms with Crippen LogP contribution in [0.4, 0.5) is 0 Å². The van der Waals surface area contributed by atoms with E-state index in [1.165, 1.54) is 11.1 Å². The van der Waals surface area contributed by atoms with E-state index in [0.29, 0.717) is 0 Å². The second-order valence-corrected chi connectivity index (χ2v) is 3.40. The molecule has 0 bridgehead atoms. The molecule has 0 saturated heterocycles. The van der Waals surface area contributed by atoms with Gasteiger partial charge in [0.25, 0.3) is 0 Å². The smallest absolute Gasteiger partial charge is 0.0994 e. The lowest BCUT2D eigenvalue weighted by molar-refractivity contribution is 1.26. The topological polar surface area (TPSA) is 23.8 Å². The van der Waals surface area contributed by atoms with Crippen LogP contribution in [0.15, 0.2) is 12.1 Å². The molecule has 0 spiro atoms. The Hall–Kier alpha value is -0.810. The number of hydrogen-bond donors (Lipinski definition) is 0. The minimum atomic E-state index is 0.747. The maximum Gasteiger partial charge on any atom is 0.0994 e. The third kappa shape index (κ3) is 1.67. The first-order valence-corrected chi connectivity index (χ1v) is 4.87. The molecule has 0 atom stereocenters. The van der Waals surface area contributed by atoms with Gasteiger partial charge in [-0.15, -0.1) is 0 Å². The molecule has 0 aliphatic carbocycles.